The molecule has 0 bridgehead atoms. The molecule has 0 radical (unpaired) electrons. The second kappa shape index (κ2) is 5.68. The van der Waals surface area contributed by atoms with Gasteiger partial charge in [0.2, 0.25) is 0 Å². The summed E-state index contributed by atoms with van der Waals surface area (Å²) in [5, 5.41) is 7.45. The van der Waals surface area contributed by atoms with Gasteiger partial charge in [0.05, 0.1) is 6.04 Å². The summed E-state index contributed by atoms with van der Waals surface area (Å²) >= 11 is 0. The van der Waals surface area contributed by atoms with Crippen molar-refractivity contribution >= 4 is 0 Å². The third kappa shape index (κ3) is 2.70. The van der Waals surface area contributed by atoms with Crippen LogP contribution in [0, 0.1) is 0 Å². The first kappa shape index (κ1) is 12.6. The van der Waals surface area contributed by atoms with Gasteiger partial charge < -0.3 is 5.32 Å². The van der Waals surface area contributed by atoms with Gasteiger partial charge in [0, 0.05) is 24.9 Å². The average Bonchev–Trinajstić information content (AvgIpc) is 2.85. The Balaban J connectivity index is 2.18. The molecule has 6 nitrogen and oxygen atoms in total. The summed E-state index contributed by atoms with van der Waals surface area (Å²) in [5.41, 5.74) is 0. The van der Waals surface area contributed by atoms with Crippen LogP contribution in [0.2, 0.25) is 0 Å². The molecule has 2 aromatic heterocycles. The Morgan fingerprint density at radius 1 is 1.22 bits per heavy atom. The van der Waals surface area contributed by atoms with Crippen molar-refractivity contribution in [2.24, 2.45) is 0 Å². The molecule has 0 aliphatic carbocycles. The Bertz CT molecular complexity index is 478. The Kier molecular flexibility index (Phi) is 3.99. The molecule has 0 spiro atoms. The zero-order valence-corrected chi connectivity index (χ0v) is 10.9. The highest BCUT2D eigenvalue weighted by atomic mass is 15.3. The molecule has 2 heterocycles. The summed E-state index contributed by atoms with van der Waals surface area (Å²) in [6.07, 6.45) is 5.81. The summed E-state index contributed by atoms with van der Waals surface area (Å²) in [6.45, 7) is 4.18. The molecule has 0 aliphatic heterocycles. The SMILES string of the molecule is CNC(Cc1ncnn1C(C)C)c1ncccn1. The van der Waals surface area contributed by atoms with E-state index in [1.807, 2.05) is 17.8 Å². The molecule has 2 rings (SSSR count). The molecular formula is C12H18N6. The van der Waals surface area contributed by atoms with Gasteiger partial charge in [0.1, 0.15) is 18.0 Å². The van der Waals surface area contributed by atoms with Crippen molar-refractivity contribution in [3.05, 3.63) is 36.4 Å². The van der Waals surface area contributed by atoms with Crippen molar-refractivity contribution < 1.29 is 0 Å². The van der Waals surface area contributed by atoms with E-state index < -0.39 is 0 Å². The lowest BCUT2D eigenvalue weighted by Gasteiger charge is -2.15. The van der Waals surface area contributed by atoms with Gasteiger partial charge in [-0.3, -0.25) is 0 Å². The van der Waals surface area contributed by atoms with Crippen molar-refractivity contribution in [3.63, 3.8) is 0 Å². The summed E-state index contributed by atoms with van der Waals surface area (Å²) < 4.78 is 1.92. The molecule has 0 aromatic carbocycles. The molecule has 96 valence electrons. The van der Waals surface area contributed by atoms with E-state index in [2.05, 4.69) is 39.2 Å². The highest BCUT2D eigenvalue weighted by Crippen LogP contribution is 2.14. The van der Waals surface area contributed by atoms with E-state index >= 15 is 0 Å². The maximum Gasteiger partial charge on any atom is 0.145 e. The zero-order chi connectivity index (χ0) is 13.0. The average molecular weight is 246 g/mol. The molecule has 1 atom stereocenters. The van der Waals surface area contributed by atoms with E-state index in [9.17, 15) is 0 Å². The van der Waals surface area contributed by atoms with Crippen molar-refractivity contribution in [2.75, 3.05) is 7.05 Å². The molecule has 0 saturated heterocycles. The van der Waals surface area contributed by atoms with E-state index in [1.165, 1.54) is 0 Å². The van der Waals surface area contributed by atoms with Crippen molar-refractivity contribution in [2.45, 2.75) is 32.4 Å². The Labute approximate surface area is 106 Å². The molecule has 1 N–H and O–H groups in total. The first-order chi connectivity index (χ1) is 8.72. The number of hydrogen-bond donors (Lipinski definition) is 1. The Hall–Kier alpha value is -1.82. The van der Waals surface area contributed by atoms with Gasteiger partial charge in [0.25, 0.3) is 0 Å². The minimum Gasteiger partial charge on any atom is -0.310 e. The lowest BCUT2D eigenvalue weighted by atomic mass is 10.2. The first-order valence-corrected chi connectivity index (χ1v) is 6.05. The highest BCUT2D eigenvalue weighted by Gasteiger charge is 2.17. The minimum atomic E-state index is 0.0490. The van der Waals surface area contributed by atoms with Gasteiger partial charge in [-0.15, -0.1) is 0 Å². The van der Waals surface area contributed by atoms with Crippen molar-refractivity contribution in [1.29, 1.82) is 0 Å². The quantitative estimate of drug-likeness (QED) is 0.857. The smallest absolute Gasteiger partial charge is 0.145 e. The Morgan fingerprint density at radius 2 is 1.94 bits per heavy atom. The lowest BCUT2D eigenvalue weighted by molar-refractivity contribution is 0.469. The standard InChI is InChI=1S/C12H18N6/c1-9(2)18-11(16-8-17-18)7-10(13-3)12-14-5-4-6-15-12/h4-6,8-10,13H,7H2,1-3H3. The second-order valence-electron chi connectivity index (χ2n) is 4.37. The molecule has 1 unspecified atom stereocenters. The Morgan fingerprint density at radius 3 is 2.56 bits per heavy atom. The van der Waals surface area contributed by atoms with Crippen LogP contribution in [0.4, 0.5) is 0 Å². The van der Waals surface area contributed by atoms with Gasteiger partial charge in [0.15, 0.2) is 0 Å². The third-order valence-electron chi connectivity index (χ3n) is 2.77. The maximum atomic E-state index is 4.31. The minimum absolute atomic E-state index is 0.0490. The van der Waals surface area contributed by atoms with Crippen LogP contribution in [0.3, 0.4) is 0 Å². The number of likely N-dealkylation sites (N-methyl/N-ethyl adjacent to an activating group) is 1. The summed E-state index contributed by atoms with van der Waals surface area (Å²) in [7, 11) is 1.90. The van der Waals surface area contributed by atoms with Crippen LogP contribution in [0.1, 0.15) is 37.6 Å². The van der Waals surface area contributed by atoms with Crippen LogP contribution in [0.5, 0.6) is 0 Å². The molecule has 6 heteroatoms. The molecule has 18 heavy (non-hydrogen) atoms. The van der Waals surface area contributed by atoms with Crippen LogP contribution in [0.25, 0.3) is 0 Å². The van der Waals surface area contributed by atoms with E-state index in [0.29, 0.717) is 6.04 Å². The fraction of sp³-hybridized carbons (Fsp3) is 0.500. The normalized spacial score (nSPS) is 12.9. The van der Waals surface area contributed by atoms with E-state index in [-0.39, 0.29) is 6.04 Å². The largest absolute Gasteiger partial charge is 0.310 e. The first-order valence-electron chi connectivity index (χ1n) is 6.05. The van der Waals surface area contributed by atoms with Crippen molar-refractivity contribution in [1.82, 2.24) is 30.0 Å². The molecule has 0 fully saturated rings. The molecule has 0 aliphatic rings. The molecule has 0 amide bonds. The van der Waals surface area contributed by atoms with Crippen LogP contribution in [-0.4, -0.2) is 31.8 Å². The van der Waals surface area contributed by atoms with E-state index in [0.717, 1.165) is 18.1 Å². The predicted molar refractivity (Wildman–Crippen MR) is 67.9 cm³/mol. The molecule has 2 aromatic rings. The van der Waals surface area contributed by atoms with Crippen LogP contribution in [-0.2, 0) is 6.42 Å². The van der Waals surface area contributed by atoms with Gasteiger partial charge in [-0.1, -0.05) is 0 Å². The zero-order valence-electron chi connectivity index (χ0n) is 10.9. The second-order valence-corrected chi connectivity index (χ2v) is 4.37. The van der Waals surface area contributed by atoms with E-state index in [4.69, 9.17) is 0 Å². The van der Waals surface area contributed by atoms with Crippen LogP contribution in [0.15, 0.2) is 24.8 Å². The van der Waals surface area contributed by atoms with Gasteiger partial charge in [-0.2, -0.15) is 5.10 Å². The van der Waals surface area contributed by atoms with Gasteiger partial charge in [-0.05, 0) is 27.0 Å². The number of aromatic nitrogens is 5. The van der Waals surface area contributed by atoms with Gasteiger partial charge >= 0.3 is 0 Å². The molecular weight excluding hydrogens is 228 g/mol. The summed E-state index contributed by atoms with van der Waals surface area (Å²) in [5.74, 6) is 1.72. The van der Waals surface area contributed by atoms with Gasteiger partial charge in [-0.25, -0.2) is 19.6 Å². The number of hydrogen-bond acceptors (Lipinski definition) is 5. The van der Waals surface area contributed by atoms with Crippen molar-refractivity contribution in [3.8, 4) is 0 Å². The maximum absolute atomic E-state index is 4.31. The summed E-state index contributed by atoms with van der Waals surface area (Å²) in [6, 6.07) is 2.16. The topological polar surface area (TPSA) is 68.5 Å². The highest BCUT2D eigenvalue weighted by molar-refractivity contribution is 5.01. The fourth-order valence-corrected chi connectivity index (χ4v) is 1.85. The van der Waals surface area contributed by atoms with Crippen LogP contribution < -0.4 is 5.32 Å². The lowest BCUT2D eigenvalue weighted by Crippen LogP contribution is -2.23. The molecule has 0 saturated carbocycles. The monoisotopic (exact) mass is 246 g/mol. The predicted octanol–water partition coefficient (Wildman–Crippen LogP) is 1.15. The number of nitrogens with one attached hydrogen (secondary N) is 1. The number of rotatable bonds is 5. The van der Waals surface area contributed by atoms with Crippen LogP contribution >= 0.6 is 0 Å². The van der Waals surface area contributed by atoms with E-state index in [1.54, 1.807) is 18.7 Å². The summed E-state index contributed by atoms with van der Waals surface area (Å²) in [4.78, 5) is 12.9. The third-order valence-corrected chi connectivity index (χ3v) is 2.77. The fourth-order valence-electron chi connectivity index (χ4n) is 1.85. The number of nitrogens with zero attached hydrogens (tertiary/aromatic N) is 5.